The monoisotopic (exact) mass is 578 g/mol. The molecule has 5 aromatic rings. The molecule has 42 heavy (non-hydrogen) atoms. The van der Waals surface area contributed by atoms with Crippen molar-refractivity contribution in [3.63, 3.8) is 0 Å². The lowest BCUT2D eigenvalue weighted by Gasteiger charge is -2.26. The lowest BCUT2D eigenvalue weighted by molar-refractivity contribution is -0.384. The van der Waals surface area contributed by atoms with E-state index in [1.54, 1.807) is 12.3 Å². The third-order valence-electron chi connectivity index (χ3n) is 7.11. The minimum atomic E-state index is -0.461. The van der Waals surface area contributed by atoms with Crippen LogP contribution in [0.2, 0.25) is 0 Å². The molecule has 1 saturated heterocycles. The van der Waals surface area contributed by atoms with E-state index in [4.69, 9.17) is 26.1 Å². The average Bonchev–Trinajstić information content (AvgIpc) is 3.63. The summed E-state index contributed by atoms with van der Waals surface area (Å²) in [5.41, 5.74) is 3.23. The molecule has 0 spiro atoms. The molecule has 0 amide bonds. The first-order valence-electron chi connectivity index (χ1n) is 13.2. The fourth-order valence-electron chi connectivity index (χ4n) is 5.05. The minimum Gasteiger partial charge on any atom is -0.496 e. The normalized spacial score (nSPS) is 16.2. The standard InChI is InChI=1S/C32H26N4O5S/c1-20-7-3-4-9-26(20)40-23-13-10-21(11-14-23)35-31(30(34-32(35)42)25-8-5-6-18-33-25)28-17-16-27(41-28)24-15-12-22(36(37)38)19-29(24)39-2/h3-19,30-31H,1-2H3,(H,34,42)/t30-,31+/m1/s1. The number of methoxy groups -OCH3 is 1. The van der Waals surface area contributed by atoms with E-state index in [0.717, 1.165) is 22.7 Å². The van der Waals surface area contributed by atoms with Crippen molar-refractivity contribution in [2.75, 3.05) is 12.0 Å². The first-order valence-corrected chi connectivity index (χ1v) is 13.6. The topological polar surface area (TPSA) is 103 Å². The fourth-order valence-corrected chi connectivity index (χ4v) is 5.39. The number of nitrogens with one attached hydrogen (secondary N) is 1. The molecule has 210 valence electrons. The molecule has 3 heterocycles. The summed E-state index contributed by atoms with van der Waals surface area (Å²) in [6.45, 7) is 2.00. The maximum absolute atomic E-state index is 11.3. The van der Waals surface area contributed by atoms with Gasteiger partial charge in [0.15, 0.2) is 5.11 Å². The molecule has 0 bridgehead atoms. The molecule has 3 aromatic carbocycles. The molecule has 1 aliphatic rings. The van der Waals surface area contributed by atoms with Crippen LogP contribution in [0.25, 0.3) is 11.3 Å². The van der Waals surface area contributed by atoms with Crippen molar-refractivity contribution in [2.24, 2.45) is 0 Å². The van der Waals surface area contributed by atoms with Gasteiger partial charge in [-0.25, -0.2) is 0 Å². The highest BCUT2D eigenvalue weighted by Gasteiger charge is 2.42. The van der Waals surface area contributed by atoms with Crippen LogP contribution in [-0.2, 0) is 0 Å². The van der Waals surface area contributed by atoms with Gasteiger partial charge in [0, 0.05) is 18.0 Å². The van der Waals surface area contributed by atoms with Crippen molar-refractivity contribution >= 4 is 28.7 Å². The second kappa shape index (κ2) is 11.3. The van der Waals surface area contributed by atoms with Gasteiger partial charge in [-0.05, 0) is 85.4 Å². The highest BCUT2D eigenvalue weighted by molar-refractivity contribution is 7.80. The van der Waals surface area contributed by atoms with Crippen molar-refractivity contribution in [1.29, 1.82) is 0 Å². The number of nitro groups is 1. The van der Waals surface area contributed by atoms with Crippen molar-refractivity contribution in [3.8, 4) is 28.6 Å². The van der Waals surface area contributed by atoms with Crippen LogP contribution in [0.5, 0.6) is 17.2 Å². The van der Waals surface area contributed by atoms with Crippen molar-refractivity contribution in [3.05, 3.63) is 130 Å². The van der Waals surface area contributed by atoms with Crippen molar-refractivity contribution in [2.45, 2.75) is 19.0 Å². The molecule has 10 heteroatoms. The number of nitrogens with zero attached hydrogens (tertiary/aromatic N) is 3. The number of thiocarbonyl (C=S) groups is 1. The largest absolute Gasteiger partial charge is 0.496 e. The van der Waals surface area contributed by atoms with Gasteiger partial charge in [0.1, 0.15) is 34.8 Å². The van der Waals surface area contributed by atoms with Gasteiger partial charge in [-0.3, -0.25) is 15.1 Å². The quantitative estimate of drug-likeness (QED) is 0.114. The Morgan fingerprint density at radius 2 is 1.76 bits per heavy atom. The molecule has 0 aliphatic carbocycles. The first-order chi connectivity index (χ1) is 20.4. The Labute approximate surface area is 247 Å². The number of anilines is 1. The summed E-state index contributed by atoms with van der Waals surface area (Å²) >= 11 is 5.84. The number of hydrogen-bond donors (Lipinski definition) is 1. The van der Waals surface area contributed by atoms with Crippen LogP contribution >= 0.6 is 12.2 Å². The van der Waals surface area contributed by atoms with E-state index in [2.05, 4.69) is 10.3 Å². The van der Waals surface area contributed by atoms with E-state index in [9.17, 15) is 10.1 Å². The number of nitro benzene ring substituents is 1. The fraction of sp³-hybridized carbons (Fsp3) is 0.125. The zero-order valence-corrected chi connectivity index (χ0v) is 23.6. The Hall–Kier alpha value is -5.22. The van der Waals surface area contributed by atoms with Crippen LogP contribution in [0, 0.1) is 17.0 Å². The highest BCUT2D eigenvalue weighted by atomic mass is 32.1. The summed E-state index contributed by atoms with van der Waals surface area (Å²) in [5.74, 6) is 2.98. The van der Waals surface area contributed by atoms with Gasteiger partial charge in [-0.1, -0.05) is 24.3 Å². The Morgan fingerprint density at radius 1 is 0.976 bits per heavy atom. The van der Waals surface area contributed by atoms with Gasteiger partial charge in [-0.2, -0.15) is 0 Å². The molecular formula is C32H26N4O5S. The second-order valence-electron chi connectivity index (χ2n) is 9.70. The third kappa shape index (κ3) is 5.15. The van der Waals surface area contributed by atoms with Gasteiger partial charge in [0.05, 0.1) is 35.4 Å². The summed E-state index contributed by atoms with van der Waals surface area (Å²) in [6, 6.07) is 28.8. The summed E-state index contributed by atoms with van der Waals surface area (Å²) in [5, 5.41) is 15.2. The number of aromatic nitrogens is 1. The van der Waals surface area contributed by atoms with Gasteiger partial charge in [0.25, 0.3) is 5.69 Å². The summed E-state index contributed by atoms with van der Waals surface area (Å²) in [7, 11) is 1.47. The molecule has 0 unspecified atom stereocenters. The second-order valence-corrected chi connectivity index (χ2v) is 10.1. The van der Waals surface area contributed by atoms with Crippen LogP contribution < -0.4 is 19.7 Å². The van der Waals surface area contributed by atoms with Gasteiger partial charge in [-0.15, -0.1) is 0 Å². The molecular weight excluding hydrogens is 552 g/mol. The smallest absolute Gasteiger partial charge is 0.273 e. The maximum atomic E-state index is 11.3. The Kier molecular flexibility index (Phi) is 7.28. The van der Waals surface area contributed by atoms with Crippen LogP contribution in [0.1, 0.15) is 29.1 Å². The highest BCUT2D eigenvalue weighted by Crippen LogP contribution is 2.44. The van der Waals surface area contributed by atoms with Gasteiger partial charge < -0.3 is 24.1 Å². The summed E-state index contributed by atoms with van der Waals surface area (Å²) < 4.78 is 18.0. The molecule has 1 N–H and O–H groups in total. The van der Waals surface area contributed by atoms with E-state index in [1.807, 2.05) is 90.7 Å². The third-order valence-corrected chi connectivity index (χ3v) is 7.43. The maximum Gasteiger partial charge on any atom is 0.273 e. The van der Waals surface area contributed by atoms with Crippen molar-refractivity contribution in [1.82, 2.24) is 10.3 Å². The number of aryl methyl sites for hydroxylation is 1. The number of pyridine rings is 1. The number of ether oxygens (including phenoxy) is 2. The first kappa shape index (κ1) is 27.0. The van der Waals surface area contributed by atoms with E-state index in [0.29, 0.717) is 33.7 Å². The summed E-state index contributed by atoms with van der Waals surface area (Å²) in [4.78, 5) is 17.4. The molecule has 0 radical (unpaired) electrons. The van der Waals surface area contributed by atoms with Crippen LogP contribution in [0.4, 0.5) is 11.4 Å². The minimum absolute atomic E-state index is 0.0658. The van der Waals surface area contributed by atoms with E-state index >= 15 is 0 Å². The molecule has 9 nitrogen and oxygen atoms in total. The predicted molar refractivity (Wildman–Crippen MR) is 163 cm³/mol. The lowest BCUT2D eigenvalue weighted by atomic mass is 10.0. The van der Waals surface area contributed by atoms with E-state index < -0.39 is 4.92 Å². The Bertz CT molecular complexity index is 1760. The summed E-state index contributed by atoms with van der Waals surface area (Å²) in [6.07, 6.45) is 1.74. The molecule has 1 fully saturated rings. The van der Waals surface area contributed by atoms with Crippen LogP contribution in [0.3, 0.4) is 0 Å². The number of para-hydroxylation sites is 1. The number of rotatable bonds is 8. The molecule has 1 aliphatic heterocycles. The van der Waals surface area contributed by atoms with Crippen molar-refractivity contribution < 1.29 is 18.8 Å². The number of non-ortho nitro benzene ring substituents is 1. The molecule has 2 atom stereocenters. The van der Waals surface area contributed by atoms with Crippen LogP contribution in [0.15, 0.2) is 108 Å². The molecule has 0 saturated carbocycles. The Morgan fingerprint density at radius 3 is 2.48 bits per heavy atom. The lowest BCUT2D eigenvalue weighted by Crippen LogP contribution is -2.29. The van der Waals surface area contributed by atoms with Crippen LogP contribution in [-0.4, -0.2) is 22.1 Å². The number of furan rings is 1. The predicted octanol–water partition coefficient (Wildman–Crippen LogP) is 7.54. The molecule has 6 rings (SSSR count). The number of benzene rings is 3. The SMILES string of the molecule is COc1cc([N+](=O)[O-])ccc1-c1ccc([C@H]2[C@@H](c3ccccn3)NC(=S)N2c2ccc(Oc3ccccc3C)cc2)o1. The zero-order valence-electron chi connectivity index (χ0n) is 22.8. The van der Waals surface area contributed by atoms with E-state index in [1.165, 1.54) is 19.2 Å². The van der Waals surface area contributed by atoms with Gasteiger partial charge in [0.2, 0.25) is 0 Å². The molecule has 2 aromatic heterocycles. The van der Waals surface area contributed by atoms with E-state index in [-0.39, 0.29) is 17.8 Å². The van der Waals surface area contributed by atoms with Gasteiger partial charge >= 0.3 is 0 Å². The average molecular weight is 579 g/mol. The Balaban J connectivity index is 1.37. The zero-order chi connectivity index (χ0) is 29.2. The number of hydrogen-bond acceptors (Lipinski definition) is 7.